The highest BCUT2D eigenvalue weighted by Gasteiger charge is 2.28. The van der Waals surface area contributed by atoms with Crippen molar-refractivity contribution in [2.45, 2.75) is 38.1 Å². The molecular weight excluding hydrogens is 251 g/mol. The van der Waals surface area contributed by atoms with Crippen LogP contribution < -0.4 is 5.73 Å². The van der Waals surface area contributed by atoms with Crippen molar-refractivity contribution in [3.8, 4) is 5.75 Å². The van der Waals surface area contributed by atoms with Crippen LogP contribution in [0.3, 0.4) is 0 Å². The van der Waals surface area contributed by atoms with E-state index in [4.69, 9.17) is 5.73 Å². The molecule has 1 aromatic carbocycles. The second kappa shape index (κ2) is 5.52. The average Bonchev–Trinajstić information content (AvgIpc) is 2.41. The fraction of sp³-hybridized carbons (Fsp3) is 0.538. The number of nitrogens with zero attached hydrogens (tertiary/aromatic N) is 1. The van der Waals surface area contributed by atoms with Gasteiger partial charge in [-0.2, -0.15) is 0 Å². The Hall–Kier alpha value is -1.69. The van der Waals surface area contributed by atoms with Crippen molar-refractivity contribution in [3.05, 3.63) is 33.6 Å². The van der Waals surface area contributed by atoms with E-state index in [0.717, 1.165) is 38.2 Å². The smallest absolute Gasteiger partial charge is 0.313 e. The summed E-state index contributed by atoms with van der Waals surface area (Å²) >= 11 is 0. The summed E-state index contributed by atoms with van der Waals surface area (Å²) in [5.74, 6) is -1.11. The molecule has 0 radical (unpaired) electrons. The molecule has 1 aliphatic rings. The van der Waals surface area contributed by atoms with E-state index in [1.54, 1.807) is 0 Å². The van der Waals surface area contributed by atoms with Crippen molar-refractivity contribution in [1.82, 2.24) is 0 Å². The largest absolute Gasteiger partial charge is 0.502 e. The maximum atomic E-state index is 13.4. The predicted octanol–water partition coefficient (Wildman–Crippen LogP) is 3.02. The summed E-state index contributed by atoms with van der Waals surface area (Å²) in [5.41, 5.74) is 5.57. The highest BCUT2D eigenvalue weighted by atomic mass is 19.1. The van der Waals surface area contributed by atoms with Gasteiger partial charge in [0.15, 0.2) is 5.75 Å². The van der Waals surface area contributed by atoms with Gasteiger partial charge in [0.1, 0.15) is 5.82 Å². The van der Waals surface area contributed by atoms with Gasteiger partial charge in [-0.1, -0.05) is 19.3 Å². The highest BCUT2D eigenvalue weighted by molar-refractivity contribution is 5.52. The molecule has 0 aromatic heterocycles. The Morgan fingerprint density at radius 1 is 1.37 bits per heavy atom. The molecular formula is C13H17FN2O3. The fourth-order valence-corrected chi connectivity index (χ4v) is 2.75. The molecule has 6 heteroatoms. The van der Waals surface area contributed by atoms with E-state index in [-0.39, 0.29) is 11.5 Å². The van der Waals surface area contributed by atoms with Crippen molar-refractivity contribution in [2.75, 3.05) is 0 Å². The zero-order valence-corrected chi connectivity index (χ0v) is 10.5. The number of benzene rings is 1. The second-order valence-electron chi connectivity index (χ2n) is 5.04. The summed E-state index contributed by atoms with van der Waals surface area (Å²) in [6.07, 6.45) is 5.07. The lowest BCUT2D eigenvalue weighted by Crippen LogP contribution is -2.24. The number of nitro groups is 1. The number of nitro benzene ring substituents is 1. The first-order chi connectivity index (χ1) is 9.00. The number of halogens is 1. The third-order valence-corrected chi connectivity index (χ3v) is 3.80. The molecule has 1 atom stereocenters. The standard InChI is InChI=1S/C13H17FN2O3/c14-9-6-10(13(17)11(7-9)16(18)19)12(15)8-4-2-1-3-5-8/h6-8,12,17H,1-5,15H2/t12-/m0/s1. The minimum Gasteiger partial charge on any atom is -0.502 e. The first kappa shape index (κ1) is 13.7. The van der Waals surface area contributed by atoms with Gasteiger partial charge in [-0.15, -0.1) is 0 Å². The molecule has 1 saturated carbocycles. The lowest BCUT2D eigenvalue weighted by atomic mass is 9.81. The van der Waals surface area contributed by atoms with Gasteiger partial charge in [0, 0.05) is 11.6 Å². The van der Waals surface area contributed by atoms with E-state index in [2.05, 4.69) is 0 Å². The first-order valence-corrected chi connectivity index (χ1v) is 6.43. The summed E-state index contributed by atoms with van der Waals surface area (Å²) in [6, 6.07) is 1.25. The number of hydrogen-bond acceptors (Lipinski definition) is 4. The number of hydrogen-bond donors (Lipinski definition) is 2. The predicted molar refractivity (Wildman–Crippen MR) is 68.2 cm³/mol. The Morgan fingerprint density at radius 3 is 2.58 bits per heavy atom. The molecule has 1 aromatic rings. The Bertz CT molecular complexity index is 487. The maximum Gasteiger partial charge on any atom is 0.313 e. The van der Waals surface area contributed by atoms with Gasteiger partial charge in [-0.05, 0) is 24.8 Å². The molecule has 0 unspecified atom stereocenters. The van der Waals surface area contributed by atoms with Crippen molar-refractivity contribution < 1.29 is 14.4 Å². The number of rotatable bonds is 3. The molecule has 0 bridgehead atoms. The molecule has 104 valence electrons. The molecule has 0 saturated heterocycles. The topological polar surface area (TPSA) is 89.4 Å². The van der Waals surface area contributed by atoms with Crippen LogP contribution in [0.5, 0.6) is 5.75 Å². The molecule has 0 aliphatic heterocycles. The maximum absolute atomic E-state index is 13.4. The average molecular weight is 268 g/mol. The minimum absolute atomic E-state index is 0.138. The fourth-order valence-electron chi connectivity index (χ4n) is 2.75. The number of aromatic hydroxyl groups is 1. The summed E-state index contributed by atoms with van der Waals surface area (Å²) in [6.45, 7) is 0. The van der Waals surface area contributed by atoms with Gasteiger partial charge in [0.25, 0.3) is 0 Å². The van der Waals surface area contributed by atoms with E-state index in [1.807, 2.05) is 0 Å². The van der Waals surface area contributed by atoms with E-state index in [0.29, 0.717) is 6.07 Å². The van der Waals surface area contributed by atoms with Crippen molar-refractivity contribution in [2.24, 2.45) is 11.7 Å². The van der Waals surface area contributed by atoms with Crippen LogP contribution in [0.25, 0.3) is 0 Å². The van der Waals surface area contributed by atoms with Gasteiger partial charge in [0.2, 0.25) is 0 Å². The highest BCUT2D eigenvalue weighted by Crippen LogP contribution is 2.40. The van der Waals surface area contributed by atoms with Crippen LogP contribution in [-0.2, 0) is 0 Å². The van der Waals surface area contributed by atoms with Crippen LogP contribution in [0.2, 0.25) is 0 Å². The monoisotopic (exact) mass is 268 g/mol. The Morgan fingerprint density at radius 2 is 2.00 bits per heavy atom. The molecule has 0 spiro atoms. The zero-order chi connectivity index (χ0) is 14.0. The summed E-state index contributed by atoms with van der Waals surface area (Å²) in [7, 11) is 0. The molecule has 1 aliphatic carbocycles. The van der Waals surface area contributed by atoms with Crippen molar-refractivity contribution in [1.29, 1.82) is 0 Å². The van der Waals surface area contributed by atoms with Gasteiger partial charge in [-0.25, -0.2) is 4.39 Å². The van der Waals surface area contributed by atoms with Crippen molar-refractivity contribution >= 4 is 5.69 Å². The Kier molecular flexibility index (Phi) is 3.99. The third kappa shape index (κ3) is 2.84. The summed E-state index contributed by atoms with van der Waals surface area (Å²) < 4.78 is 13.4. The Labute approximate surface area is 110 Å². The quantitative estimate of drug-likeness (QED) is 0.651. The molecule has 2 rings (SSSR count). The molecule has 1 fully saturated rings. The van der Waals surface area contributed by atoms with Gasteiger partial charge >= 0.3 is 5.69 Å². The molecule has 0 amide bonds. The van der Waals surface area contributed by atoms with Crippen LogP contribution in [0.1, 0.15) is 43.7 Å². The SMILES string of the molecule is N[C@H](c1cc(F)cc([N+](=O)[O-])c1O)C1CCCCC1. The van der Waals surface area contributed by atoms with Gasteiger partial charge < -0.3 is 10.8 Å². The van der Waals surface area contributed by atoms with Crippen LogP contribution in [-0.4, -0.2) is 10.0 Å². The van der Waals surface area contributed by atoms with E-state index in [9.17, 15) is 19.6 Å². The van der Waals surface area contributed by atoms with Crippen LogP contribution in [0.15, 0.2) is 12.1 Å². The minimum atomic E-state index is -0.796. The Balaban J connectivity index is 2.35. The van der Waals surface area contributed by atoms with Gasteiger partial charge in [0.05, 0.1) is 11.0 Å². The molecule has 0 heterocycles. The number of phenols is 1. The van der Waals surface area contributed by atoms with E-state index >= 15 is 0 Å². The van der Waals surface area contributed by atoms with Crippen LogP contribution in [0, 0.1) is 21.8 Å². The van der Waals surface area contributed by atoms with Crippen LogP contribution >= 0.6 is 0 Å². The van der Waals surface area contributed by atoms with Gasteiger partial charge in [-0.3, -0.25) is 10.1 Å². The van der Waals surface area contributed by atoms with Crippen molar-refractivity contribution in [3.63, 3.8) is 0 Å². The molecule has 3 N–H and O–H groups in total. The normalized spacial score (nSPS) is 18.2. The van der Waals surface area contributed by atoms with E-state index in [1.165, 1.54) is 0 Å². The van der Waals surface area contributed by atoms with Crippen LogP contribution in [0.4, 0.5) is 10.1 Å². The summed E-state index contributed by atoms with van der Waals surface area (Å²) in [4.78, 5) is 9.97. The number of phenolic OH excluding ortho intramolecular Hbond substituents is 1. The molecule has 5 nitrogen and oxygen atoms in total. The summed E-state index contributed by atoms with van der Waals surface area (Å²) in [5, 5.41) is 20.7. The molecule has 19 heavy (non-hydrogen) atoms. The first-order valence-electron chi connectivity index (χ1n) is 6.43. The lowest BCUT2D eigenvalue weighted by molar-refractivity contribution is -0.386. The zero-order valence-electron chi connectivity index (χ0n) is 10.5. The van der Waals surface area contributed by atoms with E-state index < -0.39 is 28.2 Å². The lowest BCUT2D eigenvalue weighted by Gasteiger charge is -2.28. The third-order valence-electron chi connectivity index (χ3n) is 3.80. The number of nitrogens with two attached hydrogens (primary N) is 1. The second-order valence-corrected chi connectivity index (χ2v) is 5.04.